The zero-order valence-electron chi connectivity index (χ0n) is 18.3. The number of ether oxygens (including phenoxy) is 3. The summed E-state index contributed by atoms with van der Waals surface area (Å²) >= 11 is 0. The van der Waals surface area contributed by atoms with E-state index in [1.807, 2.05) is 36.4 Å². The van der Waals surface area contributed by atoms with Crippen molar-refractivity contribution in [2.75, 3.05) is 26.9 Å². The molecule has 9 heteroatoms. The number of esters is 1. The van der Waals surface area contributed by atoms with Gasteiger partial charge < -0.3 is 19.5 Å². The first-order valence-corrected chi connectivity index (χ1v) is 10.2. The van der Waals surface area contributed by atoms with E-state index in [1.54, 1.807) is 30.8 Å². The molecule has 0 unspecified atom stereocenters. The molecule has 3 aromatic rings. The van der Waals surface area contributed by atoms with Crippen molar-refractivity contribution >= 4 is 11.9 Å². The Hall–Kier alpha value is -3.88. The lowest BCUT2D eigenvalue weighted by Gasteiger charge is -2.11. The summed E-state index contributed by atoms with van der Waals surface area (Å²) in [5, 5.41) is 11.0. The standard InChI is InChI=1S/C23H26N4O5/c1-4-31-23(29)21-22(18-7-11-20(12-8-18)32-14-13-24-16(2)28)27(26-25-21)15-17-5-9-19(30-3)10-6-17/h5-12H,4,13-15H2,1-3H3,(H,24,28). The van der Waals surface area contributed by atoms with Crippen LogP contribution in [0.5, 0.6) is 11.5 Å². The Morgan fingerprint density at radius 3 is 2.34 bits per heavy atom. The SMILES string of the molecule is CCOC(=O)c1nnn(Cc2ccc(OC)cc2)c1-c1ccc(OCCNC(C)=O)cc1. The van der Waals surface area contributed by atoms with Gasteiger partial charge in [-0.05, 0) is 48.9 Å². The summed E-state index contributed by atoms with van der Waals surface area (Å²) in [4.78, 5) is 23.4. The number of nitrogens with zero attached hydrogens (tertiary/aromatic N) is 3. The van der Waals surface area contributed by atoms with Gasteiger partial charge in [0.1, 0.15) is 23.8 Å². The van der Waals surface area contributed by atoms with Gasteiger partial charge in [-0.1, -0.05) is 17.3 Å². The Morgan fingerprint density at radius 1 is 1.03 bits per heavy atom. The van der Waals surface area contributed by atoms with Crippen LogP contribution >= 0.6 is 0 Å². The fourth-order valence-electron chi connectivity index (χ4n) is 3.06. The lowest BCUT2D eigenvalue weighted by Crippen LogP contribution is -2.25. The zero-order valence-corrected chi connectivity index (χ0v) is 18.3. The second kappa shape index (κ2) is 10.9. The first-order valence-electron chi connectivity index (χ1n) is 10.2. The van der Waals surface area contributed by atoms with Crippen LogP contribution in [-0.2, 0) is 16.1 Å². The predicted octanol–water partition coefficient (Wildman–Crippen LogP) is 2.69. The highest BCUT2D eigenvalue weighted by Crippen LogP contribution is 2.26. The summed E-state index contributed by atoms with van der Waals surface area (Å²) < 4.78 is 17.7. The molecule has 2 aromatic carbocycles. The van der Waals surface area contributed by atoms with Gasteiger partial charge in [0, 0.05) is 12.5 Å². The van der Waals surface area contributed by atoms with E-state index >= 15 is 0 Å². The largest absolute Gasteiger partial charge is 0.497 e. The lowest BCUT2D eigenvalue weighted by molar-refractivity contribution is -0.119. The van der Waals surface area contributed by atoms with E-state index in [2.05, 4.69) is 15.6 Å². The minimum Gasteiger partial charge on any atom is -0.497 e. The Labute approximate surface area is 186 Å². The van der Waals surface area contributed by atoms with Crippen LogP contribution in [-0.4, -0.2) is 53.7 Å². The van der Waals surface area contributed by atoms with E-state index in [4.69, 9.17) is 14.2 Å². The first-order chi connectivity index (χ1) is 15.5. The summed E-state index contributed by atoms with van der Waals surface area (Å²) in [5.41, 5.74) is 2.44. The van der Waals surface area contributed by atoms with E-state index in [0.717, 1.165) is 16.9 Å². The highest BCUT2D eigenvalue weighted by Gasteiger charge is 2.22. The third-order valence-electron chi connectivity index (χ3n) is 4.57. The number of aromatic nitrogens is 3. The molecule has 0 aliphatic carbocycles. The normalized spacial score (nSPS) is 10.5. The smallest absolute Gasteiger partial charge is 0.361 e. The third kappa shape index (κ3) is 5.84. The molecule has 3 rings (SSSR count). The molecule has 0 spiro atoms. The summed E-state index contributed by atoms with van der Waals surface area (Å²) in [6.45, 7) is 4.63. The van der Waals surface area contributed by atoms with E-state index in [0.29, 0.717) is 31.1 Å². The third-order valence-corrected chi connectivity index (χ3v) is 4.57. The molecule has 0 bridgehead atoms. The van der Waals surface area contributed by atoms with Crippen LogP contribution < -0.4 is 14.8 Å². The molecule has 0 atom stereocenters. The van der Waals surface area contributed by atoms with E-state index in [1.165, 1.54) is 6.92 Å². The van der Waals surface area contributed by atoms with Gasteiger partial charge >= 0.3 is 5.97 Å². The molecule has 1 N–H and O–H groups in total. The fourth-order valence-corrected chi connectivity index (χ4v) is 3.06. The van der Waals surface area contributed by atoms with Gasteiger partial charge in [0.05, 0.1) is 26.8 Å². The molecule has 1 aromatic heterocycles. The van der Waals surface area contributed by atoms with Gasteiger partial charge in [-0.15, -0.1) is 5.10 Å². The second-order valence-corrected chi connectivity index (χ2v) is 6.87. The number of rotatable bonds is 10. The lowest BCUT2D eigenvalue weighted by atomic mass is 10.1. The van der Waals surface area contributed by atoms with Crippen molar-refractivity contribution in [3.8, 4) is 22.8 Å². The maximum atomic E-state index is 12.5. The Kier molecular flexibility index (Phi) is 7.80. The van der Waals surface area contributed by atoms with Gasteiger partial charge in [0.25, 0.3) is 0 Å². The zero-order chi connectivity index (χ0) is 22.9. The highest BCUT2D eigenvalue weighted by molar-refractivity contribution is 5.94. The number of carbonyl (C=O) groups excluding carboxylic acids is 2. The molecule has 1 amide bonds. The summed E-state index contributed by atoms with van der Waals surface area (Å²) in [6.07, 6.45) is 0. The number of methoxy groups -OCH3 is 1. The van der Waals surface area contributed by atoms with Crippen molar-refractivity contribution in [2.24, 2.45) is 0 Å². The van der Waals surface area contributed by atoms with Crippen molar-refractivity contribution in [1.29, 1.82) is 0 Å². The fraction of sp³-hybridized carbons (Fsp3) is 0.304. The Bertz CT molecular complexity index is 1050. The average molecular weight is 438 g/mol. The highest BCUT2D eigenvalue weighted by atomic mass is 16.5. The van der Waals surface area contributed by atoms with Crippen LogP contribution in [0.2, 0.25) is 0 Å². The van der Waals surface area contributed by atoms with Crippen LogP contribution in [0.15, 0.2) is 48.5 Å². The topological polar surface area (TPSA) is 105 Å². The minimum absolute atomic E-state index is 0.104. The summed E-state index contributed by atoms with van der Waals surface area (Å²) in [6, 6.07) is 14.8. The van der Waals surface area contributed by atoms with Crippen molar-refractivity contribution in [2.45, 2.75) is 20.4 Å². The predicted molar refractivity (Wildman–Crippen MR) is 118 cm³/mol. The quantitative estimate of drug-likeness (QED) is 0.383. The maximum absolute atomic E-state index is 12.5. The molecule has 0 fully saturated rings. The number of benzene rings is 2. The maximum Gasteiger partial charge on any atom is 0.361 e. The molecular formula is C23H26N4O5. The van der Waals surface area contributed by atoms with Gasteiger partial charge in [-0.3, -0.25) is 4.79 Å². The van der Waals surface area contributed by atoms with Gasteiger partial charge in [-0.25, -0.2) is 9.48 Å². The van der Waals surface area contributed by atoms with E-state index < -0.39 is 5.97 Å². The molecule has 32 heavy (non-hydrogen) atoms. The van der Waals surface area contributed by atoms with Crippen molar-refractivity contribution in [1.82, 2.24) is 20.3 Å². The molecule has 0 aliphatic heterocycles. The first kappa shape index (κ1) is 22.8. The van der Waals surface area contributed by atoms with Crippen molar-refractivity contribution < 1.29 is 23.8 Å². The molecule has 0 radical (unpaired) electrons. The van der Waals surface area contributed by atoms with Crippen LogP contribution in [0, 0.1) is 0 Å². The van der Waals surface area contributed by atoms with Gasteiger partial charge in [0.2, 0.25) is 5.91 Å². The van der Waals surface area contributed by atoms with Crippen molar-refractivity contribution in [3.63, 3.8) is 0 Å². The number of nitrogens with one attached hydrogen (secondary N) is 1. The van der Waals surface area contributed by atoms with Crippen LogP contribution in [0.1, 0.15) is 29.9 Å². The van der Waals surface area contributed by atoms with Gasteiger partial charge in [-0.2, -0.15) is 0 Å². The number of amides is 1. The number of carbonyl (C=O) groups is 2. The van der Waals surface area contributed by atoms with Crippen LogP contribution in [0.25, 0.3) is 11.3 Å². The van der Waals surface area contributed by atoms with E-state index in [-0.39, 0.29) is 18.2 Å². The Morgan fingerprint density at radius 2 is 1.72 bits per heavy atom. The molecule has 9 nitrogen and oxygen atoms in total. The second-order valence-electron chi connectivity index (χ2n) is 6.87. The molecule has 0 aliphatic rings. The van der Waals surface area contributed by atoms with Crippen LogP contribution in [0.4, 0.5) is 0 Å². The van der Waals surface area contributed by atoms with Crippen LogP contribution in [0.3, 0.4) is 0 Å². The average Bonchev–Trinajstić information content (AvgIpc) is 3.21. The molecule has 168 valence electrons. The van der Waals surface area contributed by atoms with E-state index in [9.17, 15) is 9.59 Å². The number of hydrogen-bond acceptors (Lipinski definition) is 7. The molecular weight excluding hydrogens is 412 g/mol. The molecule has 0 saturated carbocycles. The summed E-state index contributed by atoms with van der Waals surface area (Å²) in [7, 11) is 1.61. The monoisotopic (exact) mass is 438 g/mol. The van der Waals surface area contributed by atoms with Crippen molar-refractivity contribution in [3.05, 3.63) is 59.8 Å². The molecule has 1 heterocycles. The minimum atomic E-state index is -0.529. The molecule has 0 saturated heterocycles. The van der Waals surface area contributed by atoms with Gasteiger partial charge in [0.15, 0.2) is 5.69 Å². The Balaban J connectivity index is 1.84. The number of hydrogen-bond donors (Lipinski definition) is 1. The summed E-state index contributed by atoms with van der Waals surface area (Å²) in [5.74, 6) is 0.770.